The summed E-state index contributed by atoms with van der Waals surface area (Å²) in [4.78, 5) is 26.4. The molecule has 4 N–H and O–H groups in total. The van der Waals surface area contributed by atoms with Crippen molar-refractivity contribution in [3.63, 3.8) is 0 Å². The lowest BCUT2D eigenvalue weighted by atomic mass is 9.89. The summed E-state index contributed by atoms with van der Waals surface area (Å²) in [5.41, 5.74) is 11.5. The molecule has 4 amide bonds. The molecule has 344 valence electrons. The summed E-state index contributed by atoms with van der Waals surface area (Å²) in [6.07, 6.45) is 5.52. The monoisotopic (exact) mass is 888 g/mol. The predicted molar refractivity (Wildman–Crippen MR) is 265 cm³/mol. The van der Waals surface area contributed by atoms with E-state index in [9.17, 15) is 9.59 Å². The molecule has 0 saturated heterocycles. The van der Waals surface area contributed by atoms with E-state index in [-0.39, 0.29) is 12.1 Å². The van der Waals surface area contributed by atoms with Crippen LogP contribution in [0, 0.1) is 0 Å². The first-order valence-corrected chi connectivity index (χ1v) is 23.6. The Labute approximate surface area is 390 Å². The number of para-hydroxylation sites is 4. The number of amides is 4. The van der Waals surface area contributed by atoms with Gasteiger partial charge < -0.3 is 40.2 Å². The third kappa shape index (κ3) is 12.7. The number of carbonyl (C=O) groups is 2. The summed E-state index contributed by atoms with van der Waals surface area (Å²) in [7, 11) is 0. The van der Waals surface area contributed by atoms with Crippen LogP contribution >= 0.6 is 0 Å². The van der Waals surface area contributed by atoms with Crippen molar-refractivity contribution < 1.29 is 28.5 Å². The smallest absolute Gasteiger partial charge is 0.319 e. The average Bonchev–Trinajstić information content (AvgIpc) is 3.32. The molecule has 0 aromatic heterocycles. The van der Waals surface area contributed by atoms with E-state index in [1.165, 1.54) is 0 Å². The molecule has 6 aromatic carbocycles. The van der Waals surface area contributed by atoms with Crippen molar-refractivity contribution in [3.05, 3.63) is 177 Å². The lowest BCUT2D eigenvalue weighted by molar-refractivity contribution is 0.251. The first kappa shape index (κ1) is 47.0. The van der Waals surface area contributed by atoms with E-state index in [0.717, 1.165) is 116 Å². The van der Waals surface area contributed by atoms with E-state index in [1.807, 2.05) is 60.7 Å². The van der Waals surface area contributed by atoms with E-state index in [4.69, 9.17) is 18.9 Å². The molecular formula is C56H64N4O6. The Kier molecular flexibility index (Phi) is 17.0. The number of urea groups is 2. The molecule has 0 spiro atoms. The van der Waals surface area contributed by atoms with Crippen LogP contribution in [0.5, 0.6) is 23.0 Å². The highest BCUT2D eigenvalue weighted by Gasteiger charge is 2.23. The van der Waals surface area contributed by atoms with Crippen LogP contribution in [0.3, 0.4) is 0 Å². The van der Waals surface area contributed by atoms with Crippen molar-refractivity contribution in [1.29, 1.82) is 0 Å². The summed E-state index contributed by atoms with van der Waals surface area (Å²) in [6.45, 7) is 11.3. The molecule has 1 aliphatic rings. The molecule has 0 saturated carbocycles. The predicted octanol–water partition coefficient (Wildman–Crippen LogP) is 12.2. The third-order valence-corrected chi connectivity index (χ3v) is 11.3. The molecule has 0 unspecified atom stereocenters. The van der Waals surface area contributed by atoms with Gasteiger partial charge in [0.25, 0.3) is 0 Å². The maximum absolute atomic E-state index is 13.2. The Morgan fingerprint density at radius 1 is 0.394 bits per heavy atom. The molecule has 0 fully saturated rings. The molecular weight excluding hydrogens is 825 g/mol. The van der Waals surface area contributed by atoms with E-state index >= 15 is 0 Å². The minimum Gasteiger partial charge on any atom is -0.493 e. The maximum atomic E-state index is 13.2. The number of hydrogen-bond acceptors (Lipinski definition) is 6. The zero-order valence-corrected chi connectivity index (χ0v) is 38.9. The largest absolute Gasteiger partial charge is 0.493 e. The van der Waals surface area contributed by atoms with Crippen molar-refractivity contribution in [2.75, 3.05) is 37.1 Å². The van der Waals surface area contributed by atoms with E-state index < -0.39 is 0 Å². The Bertz CT molecular complexity index is 2280. The van der Waals surface area contributed by atoms with Gasteiger partial charge in [0.1, 0.15) is 23.0 Å². The molecule has 0 aliphatic heterocycles. The van der Waals surface area contributed by atoms with Gasteiger partial charge in [-0.2, -0.15) is 0 Å². The van der Waals surface area contributed by atoms with Crippen LogP contribution in [0.1, 0.15) is 109 Å². The van der Waals surface area contributed by atoms with Crippen LogP contribution < -0.4 is 40.2 Å². The Morgan fingerprint density at radius 2 is 0.682 bits per heavy atom. The van der Waals surface area contributed by atoms with Crippen LogP contribution in [-0.4, -0.2) is 38.5 Å². The van der Waals surface area contributed by atoms with Gasteiger partial charge in [0.05, 0.1) is 26.4 Å². The molecule has 6 aromatic rings. The molecule has 10 nitrogen and oxygen atoms in total. The highest BCUT2D eigenvalue weighted by atomic mass is 16.5. The summed E-state index contributed by atoms with van der Waals surface area (Å²) < 4.78 is 27.0. The number of benzene rings is 6. The Morgan fingerprint density at radius 3 is 0.970 bits per heavy atom. The molecule has 0 atom stereocenters. The zero-order valence-electron chi connectivity index (χ0n) is 38.9. The summed E-state index contributed by atoms with van der Waals surface area (Å²) >= 11 is 0. The third-order valence-electron chi connectivity index (χ3n) is 11.3. The first-order chi connectivity index (χ1) is 32.3. The Balaban J connectivity index is 1.37. The SMILES string of the molecule is CCCOc1c2cccc1Cc1cc(CNC(=O)Nc3ccccc3)cc(c1OCCC)Cc1cccc(c1OCCC)Cc1cc(CNC(=O)Nc3ccccc3)cc(c1OCCC)C2. The Hall–Kier alpha value is -6.94. The van der Waals surface area contributed by atoms with Crippen LogP contribution in [0.15, 0.2) is 121 Å². The molecule has 7 rings (SSSR count). The summed E-state index contributed by atoms with van der Waals surface area (Å²) in [5, 5.41) is 12.1. The molecule has 10 heteroatoms. The van der Waals surface area contributed by atoms with Crippen LogP contribution in [-0.2, 0) is 38.8 Å². The fourth-order valence-electron chi connectivity index (χ4n) is 8.35. The van der Waals surface area contributed by atoms with Crippen LogP contribution in [0.4, 0.5) is 21.0 Å². The lowest BCUT2D eigenvalue weighted by Crippen LogP contribution is -2.28. The summed E-state index contributed by atoms with van der Waals surface area (Å²) in [6, 6.07) is 39.8. The van der Waals surface area contributed by atoms with Gasteiger partial charge in [-0.3, -0.25) is 0 Å². The average molecular weight is 889 g/mol. The maximum Gasteiger partial charge on any atom is 0.319 e. The highest BCUT2D eigenvalue weighted by molar-refractivity contribution is 5.89. The second-order valence-corrected chi connectivity index (χ2v) is 16.7. The molecule has 0 heterocycles. The molecule has 0 radical (unpaired) electrons. The number of nitrogens with one attached hydrogen (secondary N) is 4. The highest BCUT2D eigenvalue weighted by Crippen LogP contribution is 2.40. The van der Waals surface area contributed by atoms with Gasteiger partial charge in [0, 0.05) is 50.1 Å². The van der Waals surface area contributed by atoms with Crippen molar-refractivity contribution in [1.82, 2.24) is 10.6 Å². The topological polar surface area (TPSA) is 119 Å². The number of ether oxygens (including phenoxy) is 4. The van der Waals surface area contributed by atoms with Gasteiger partial charge in [-0.05, 0) is 130 Å². The van der Waals surface area contributed by atoms with Gasteiger partial charge in [-0.25, -0.2) is 9.59 Å². The normalized spacial score (nSPS) is 11.8. The van der Waals surface area contributed by atoms with E-state index in [2.05, 4.69) is 110 Å². The van der Waals surface area contributed by atoms with Crippen LogP contribution in [0.25, 0.3) is 0 Å². The number of anilines is 2. The fourth-order valence-corrected chi connectivity index (χ4v) is 8.35. The van der Waals surface area contributed by atoms with Crippen molar-refractivity contribution in [2.45, 2.75) is 92.2 Å². The van der Waals surface area contributed by atoms with Crippen molar-refractivity contribution in [3.8, 4) is 23.0 Å². The van der Waals surface area contributed by atoms with Crippen molar-refractivity contribution >= 4 is 23.4 Å². The first-order valence-electron chi connectivity index (χ1n) is 23.6. The minimum atomic E-state index is -0.282. The second-order valence-electron chi connectivity index (χ2n) is 16.7. The van der Waals surface area contributed by atoms with Gasteiger partial charge in [-0.1, -0.05) is 100 Å². The second kappa shape index (κ2) is 23.8. The quantitative estimate of drug-likeness (QED) is 0.0681. The number of hydrogen-bond donors (Lipinski definition) is 4. The van der Waals surface area contributed by atoms with E-state index in [1.54, 1.807) is 0 Å². The van der Waals surface area contributed by atoms with E-state index in [0.29, 0.717) is 65.2 Å². The fraction of sp³-hybridized carbons (Fsp3) is 0.321. The summed E-state index contributed by atoms with van der Waals surface area (Å²) in [5.74, 6) is 3.37. The standard InChI is InChI=1S/C56H64N4O6/c1-5-25-63-51-41-17-15-18-42(51)34-46-30-40(38-58-56(62)60-50-23-13-10-14-24-50)32-48(54(46)66-28-8-4)36-44-20-16-19-43(52(44)64-26-6-2)35-47-31-39(29-45(33-41)53(47)65-27-7-3)37-57-55(61)59-49-21-11-9-12-22-49/h9-24,29-32H,5-8,25-28,33-38H2,1-4H3,(H2,57,59,61)(H2,58,60,62). The lowest BCUT2D eigenvalue weighted by Gasteiger charge is -2.24. The number of carbonyl (C=O) groups excluding carboxylic acids is 2. The number of rotatable bonds is 18. The van der Waals surface area contributed by atoms with Gasteiger partial charge in [0.2, 0.25) is 0 Å². The molecule has 1 aliphatic carbocycles. The molecule has 8 bridgehead atoms. The van der Waals surface area contributed by atoms with Gasteiger partial charge in [-0.15, -0.1) is 0 Å². The zero-order chi connectivity index (χ0) is 46.1. The number of fused-ring (bicyclic) bond motifs is 8. The van der Waals surface area contributed by atoms with Crippen LogP contribution in [0.2, 0.25) is 0 Å². The van der Waals surface area contributed by atoms with Gasteiger partial charge >= 0.3 is 12.1 Å². The van der Waals surface area contributed by atoms with Crippen molar-refractivity contribution in [2.24, 2.45) is 0 Å². The van der Waals surface area contributed by atoms with Gasteiger partial charge in [0.15, 0.2) is 0 Å². The minimum absolute atomic E-state index is 0.282. The molecule has 66 heavy (non-hydrogen) atoms.